The van der Waals surface area contributed by atoms with Crippen LogP contribution in [0.25, 0.3) is 0 Å². The molecule has 0 bridgehead atoms. The van der Waals surface area contributed by atoms with Gasteiger partial charge in [-0.2, -0.15) is 0 Å². The maximum atomic E-state index is 13.1. The summed E-state index contributed by atoms with van der Waals surface area (Å²) in [6.07, 6.45) is 56.8. The van der Waals surface area contributed by atoms with E-state index in [1.54, 1.807) is 0 Å². The predicted octanol–water partition coefficient (Wildman–Crippen LogP) is 22.7. The second-order valence-corrected chi connectivity index (χ2v) is 31.4. The maximum Gasteiger partial charge on any atom is 0.472 e. The van der Waals surface area contributed by atoms with Crippen molar-refractivity contribution in [2.45, 2.75) is 419 Å². The number of ether oxygens (including phenoxy) is 4. The first-order valence-corrected chi connectivity index (χ1v) is 43.0. The molecule has 17 nitrogen and oxygen atoms in total. The van der Waals surface area contributed by atoms with Crippen molar-refractivity contribution >= 4 is 39.5 Å². The van der Waals surface area contributed by atoms with Crippen molar-refractivity contribution in [3.8, 4) is 0 Å². The second-order valence-electron chi connectivity index (χ2n) is 28.5. The Bertz CT molecular complexity index is 1860. The van der Waals surface area contributed by atoms with Gasteiger partial charge in [0.2, 0.25) is 0 Å². The summed E-state index contributed by atoms with van der Waals surface area (Å²) in [6, 6.07) is 0. The summed E-state index contributed by atoms with van der Waals surface area (Å²) in [7, 11) is -9.91. The van der Waals surface area contributed by atoms with E-state index in [0.717, 1.165) is 102 Å². The van der Waals surface area contributed by atoms with Crippen LogP contribution in [0.15, 0.2) is 0 Å². The molecule has 0 aromatic carbocycles. The van der Waals surface area contributed by atoms with E-state index in [9.17, 15) is 43.2 Å². The Kier molecular flexibility index (Phi) is 67.4. The van der Waals surface area contributed by atoms with E-state index < -0.39 is 97.5 Å². The highest BCUT2D eigenvalue weighted by Crippen LogP contribution is 2.45. The summed E-state index contributed by atoms with van der Waals surface area (Å²) in [5.74, 6) is -0.462. The van der Waals surface area contributed by atoms with Crippen LogP contribution in [0, 0.1) is 11.8 Å². The second kappa shape index (κ2) is 68.8. The monoisotopic (exact) mass is 1410 g/mol. The number of aliphatic hydroxyl groups is 1. The molecule has 0 aromatic rings. The van der Waals surface area contributed by atoms with Gasteiger partial charge in [0.15, 0.2) is 12.2 Å². The number of aliphatic hydroxyl groups excluding tert-OH is 1. The molecule has 0 saturated heterocycles. The van der Waals surface area contributed by atoms with Gasteiger partial charge in [-0.3, -0.25) is 37.3 Å². The number of carbonyl (C=O) groups is 4. The fourth-order valence-corrected chi connectivity index (χ4v) is 13.4. The lowest BCUT2D eigenvalue weighted by atomic mass is 9.99. The largest absolute Gasteiger partial charge is 0.472 e. The van der Waals surface area contributed by atoms with Crippen molar-refractivity contribution in [1.82, 2.24) is 0 Å². The van der Waals surface area contributed by atoms with E-state index in [-0.39, 0.29) is 25.7 Å². The average molecular weight is 1410 g/mol. The van der Waals surface area contributed by atoms with Crippen molar-refractivity contribution in [3.63, 3.8) is 0 Å². The van der Waals surface area contributed by atoms with Gasteiger partial charge < -0.3 is 33.8 Å². The van der Waals surface area contributed by atoms with Gasteiger partial charge in [-0.05, 0) is 37.5 Å². The Morgan fingerprint density at radius 1 is 0.302 bits per heavy atom. The number of hydrogen-bond donors (Lipinski definition) is 3. The number of hydrogen-bond acceptors (Lipinski definition) is 15. The fourth-order valence-electron chi connectivity index (χ4n) is 11.8. The van der Waals surface area contributed by atoms with Crippen molar-refractivity contribution in [2.75, 3.05) is 39.6 Å². The Morgan fingerprint density at radius 2 is 0.531 bits per heavy atom. The number of unbranched alkanes of at least 4 members (excludes halogenated alkanes) is 45. The molecule has 3 unspecified atom stereocenters. The zero-order valence-corrected chi connectivity index (χ0v) is 64.5. The summed E-state index contributed by atoms with van der Waals surface area (Å²) in [4.78, 5) is 72.8. The van der Waals surface area contributed by atoms with Gasteiger partial charge in [0.25, 0.3) is 0 Å². The van der Waals surface area contributed by atoms with Gasteiger partial charge in [0, 0.05) is 25.7 Å². The first-order chi connectivity index (χ1) is 46.4. The van der Waals surface area contributed by atoms with Gasteiger partial charge in [0.1, 0.15) is 19.3 Å². The lowest BCUT2D eigenvalue weighted by Gasteiger charge is -2.21. The molecule has 0 aliphatic heterocycles. The minimum absolute atomic E-state index is 0.107. The van der Waals surface area contributed by atoms with Crippen LogP contribution in [0.2, 0.25) is 0 Å². The van der Waals surface area contributed by atoms with E-state index in [1.807, 2.05) is 0 Å². The van der Waals surface area contributed by atoms with Crippen LogP contribution in [0.3, 0.4) is 0 Å². The maximum absolute atomic E-state index is 13.1. The predicted molar refractivity (Wildman–Crippen MR) is 391 cm³/mol. The molecule has 0 radical (unpaired) electrons. The zero-order valence-electron chi connectivity index (χ0n) is 62.7. The lowest BCUT2D eigenvalue weighted by molar-refractivity contribution is -0.161. The van der Waals surface area contributed by atoms with Crippen LogP contribution in [0.4, 0.5) is 0 Å². The molecule has 0 amide bonds. The third-order valence-corrected chi connectivity index (χ3v) is 20.2. The molecule has 0 rings (SSSR count). The first kappa shape index (κ1) is 94.1. The highest BCUT2D eigenvalue weighted by molar-refractivity contribution is 7.47. The summed E-state index contributed by atoms with van der Waals surface area (Å²) in [5.41, 5.74) is 0. The minimum atomic E-state index is -4.96. The molecular weight excluding hydrogens is 1260 g/mol. The van der Waals surface area contributed by atoms with Crippen molar-refractivity contribution in [1.29, 1.82) is 0 Å². The highest BCUT2D eigenvalue weighted by atomic mass is 31.2. The molecular formula is C77H150O17P2. The van der Waals surface area contributed by atoms with Crippen molar-refractivity contribution < 1.29 is 80.2 Å². The highest BCUT2D eigenvalue weighted by Gasteiger charge is 2.30. The van der Waals surface area contributed by atoms with E-state index in [0.29, 0.717) is 25.7 Å². The van der Waals surface area contributed by atoms with Crippen LogP contribution in [0.5, 0.6) is 0 Å². The molecule has 0 heterocycles. The Hall–Kier alpha value is -1.94. The summed E-state index contributed by atoms with van der Waals surface area (Å²) < 4.78 is 68.5. The number of carbonyl (C=O) groups excluding carboxylic acids is 4. The summed E-state index contributed by atoms with van der Waals surface area (Å²) >= 11 is 0. The first-order valence-electron chi connectivity index (χ1n) is 40.0. The van der Waals surface area contributed by atoms with E-state index in [2.05, 4.69) is 41.5 Å². The number of phosphoric acid groups is 2. The number of rotatable bonds is 76. The Morgan fingerprint density at radius 3 is 0.792 bits per heavy atom. The van der Waals surface area contributed by atoms with Gasteiger partial charge in [-0.25, -0.2) is 9.13 Å². The Labute approximate surface area is 588 Å². The smallest absolute Gasteiger partial charge is 0.462 e. The van der Waals surface area contributed by atoms with E-state index in [1.165, 1.54) is 218 Å². The van der Waals surface area contributed by atoms with E-state index in [4.69, 9.17) is 37.0 Å². The molecule has 0 saturated carbocycles. The molecule has 0 aliphatic rings. The zero-order chi connectivity index (χ0) is 70.7. The molecule has 3 N–H and O–H groups in total. The molecule has 19 heteroatoms. The molecule has 0 spiro atoms. The van der Waals surface area contributed by atoms with Crippen LogP contribution in [0.1, 0.15) is 401 Å². The minimum Gasteiger partial charge on any atom is -0.462 e. The van der Waals surface area contributed by atoms with Crippen molar-refractivity contribution in [3.05, 3.63) is 0 Å². The topological polar surface area (TPSA) is 237 Å². The van der Waals surface area contributed by atoms with Crippen LogP contribution in [-0.4, -0.2) is 96.7 Å². The summed E-state index contributed by atoms with van der Waals surface area (Å²) in [5, 5.41) is 10.6. The van der Waals surface area contributed by atoms with Gasteiger partial charge >= 0.3 is 39.5 Å². The Balaban J connectivity index is 5.21. The SMILES string of the molecule is CCCCCCCCCCCCCC(=O)O[C@H](COC(=O)CCCCCCCCCCC)COP(=O)(O)OC[C@H](O)COP(=O)(O)OC[C@@H](COC(=O)CCCCCCCCCCCCCCCCC(C)CC)OC(=O)CCCCCCCCCCCCCCCCCC(C)C. The van der Waals surface area contributed by atoms with Crippen LogP contribution >= 0.6 is 15.6 Å². The van der Waals surface area contributed by atoms with Crippen LogP contribution < -0.4 is 0 Å². The van der Waals surface area contributed by atoms with Gasteiger partial charge in [0.05, 0.1) is 26.4 Å². The fraction of sp³-hybridized carbons (Fsp3) is 0.948. The number of phosphoric ester groups is 2. The normalized spacial score (nSPS) is 14.3. The average Bonchev–Trinajstić information content (AvgIpc) is 1.17. The standard InChI is InChI=1S/C77H150O17P2/c1-7-10-12-14-16-18-28-37-43-49-55-61-76(81)93-72(65-87-74(79)59-53-47-41-33-17-15-13-11-8-2)67-91-95(83,84)89-63-71(78)64-90-96(85,86)92-68-73(94-77(82)62-56-50-44-38-32-27-21-19-20-24-29-34-39-45-51-57-69(4)5)66-88-75(80)60-54-48-42-36-31-26-23-22-25-30-35-40-46-52-58-70(6)9-3/h69-73,78H,7-68H2,1-6H3,(H,83,84)(H,85,86)/t70?,71-,72+,73+/m0/s1. The lowest BCUT2D eigenvalue weighted by Crippen LogP contribution is -2.30. The molecule has 0 aliphatic carbocycles. The van der Waals surface area contributed by atoms with Crippen LogP contribution in [-0.2, 0) is 65.4 Å². The van der Waals surface area contributed by atoms with Gasteiger partial charge in [-0.1, -0.05) is 350 Å². The summed E-state index contributed by atoms with van der Waals surface area (Å²) in [6.45, 7) is 9.67. The molecule has 0 aromatic heterocycles. The van der Waals surface area contributed by atoms with E-state index >= 15 is 0 Å². The number of esters is 4. The molecule has 570 valence electrons. The third kappa shape index (κ3) is 69.2. The third-order valence-electron chi connectivity index (χ3n) is 18.3. The van der Waals surface area contributed by atoms with Crippen molar-refractivity contribution in [2.24, 2.45) is 11.8 Å². The molecule has 96 heavy (non-hydrogen) atoms. The van der Waals surface area contributed by atoms with Gasteiger partial charge in [-0.15, -0.1) is 0 Å². The quantitative estimate of drug-likeness (QED) is 0.0222. The molecule has 6 atom stereocenters. The molecule has 0 fully saturated rings.